The van der Waals surface area contributed by atoms with Crippen molar-refractivity contribution in [1.82, 2.24) is 16.0 Å². The van der Waals surface area contributed by atoms with Gasteiger partial charge in [-0.1, -0.05) is 13.8 Å². The van der Waals surface area contributed by atoms with E-state index in [2.05, 4.69) is 16.0 Å². The Balaban J connectivity index is 2.17. The molecule has 7 heteroatoms. The summed E-state index contributed by atoms with van der Waals surface area (Å²) in [5, 5.41) is 16.8. The molecule has 120 valence electrons. The summed E-state index contributed by atoms with van der Waals surface area (Å²) in [6, 6.07) is -0.734. The van der Waals surface area contributed by atoms with Crippen molar-refractivity contribution in [1.29, 1.82) is 0 Å². The number of hydrogen-bond donors (Lipinski definition) is 4. The second-order valence-corrected chi connectivity index (χ2v) is 5.89. The molecule has 1 rings (SSSR count). The van der Waals surface area contributed by atoms with Gasteiger partial charge in [0.2, 0.25) is 5.91 Å². The molecule has 1 fully saturated rings. The molecule has 1 aliphatic carbocycles. The first-order chi connectivity index (χ1) is 9.88. The van der Waals surface area contributed by atoms with Crippen LogP contribution in [0.3, 0.4) is 0 Å². The van der Waals surface area contributed by atoms with Gasteiger partial charge in [0, 0.05) is 25.6 Å². The van der Waals surface area contributed by atoms with E-state index in [0.717, 1.165) is 12.8 Å². The quantitative estimate of drug-likeness (QED) is 0.502. The summed E-state index contributed by atoms with van der Waals surface area (Å²) < 4.78 is 0. The van der Waals surface area contributed by atoms with E-state index in [1.807, 2.05) is 13.8 Å². The fourth-order valence-electron chi connectivity index (χ4n) is 1.94. The molecular weight excluding hydrogens is 274 g/mol. The molecule has 0 radical (unpaired) electrons. The highest BCUT2D eigenvalue weighted by atomic mass is 16.4. The van der Waals surface area contributed by atoms with Gasteiger partial charge in [-0.05, 0) is 24.7 Å². The van der Waals surface area contributed by atoms with E-state index in [4.69, 9.17) is 5.11 Å². The zero-order valence-corrected chi connectivity index (χ0v) is 12.6. The predicted molar refractivity (Wildman–Crippen MR) is 77.8 cm³/mol. The minimum absolute atomic E-state index is 0.0625. The van der Waals surface area contributed by atoms with E-state index in [1.54, 1.807) is 0 Å². The molecule has 0 spiro atoms. The molecule has 7 nitrogen and oxygen atoms in total. The average molecular weight is 299 g/mol. The molecule has 1 aliphatic rings. The number of carboxylic acids is 1. The Morgan fingerprint density at radius 1 is 1.19 bits per heavy atom. The van der Waals surface area contributed by atoms with Gasteiger partial charge < -0.3 is 21.1 Å². The topological polar surface area (TPSA) is 108 Å². The number of amides is 3. The van der Waals surface area contributed by atoms with Crippen LogP contribution in [-0.4, -0.2) is 42.1 Å². The SMILES string of the molecule is CC(C)CNC(=O)CCNC(=O)NC(CC(=O)O)C1CC1. The summed E-state index contributed by atoms with van der Waals surface area (Å²) in [5.74, 6) is -0.366. The van der Waals surface area contributed by atoms with E-state index in [9.17, 15) is 14.4 Å². The van der Waals surface area contributed by atoms with Crippen molar-refractivity contribution in [2.45, 2.75) is 45.6 Å². The first-order valence-electron chi connectivity index (χ1n) is 7.41. The van der Waals surface area contributed by atoms with Crippen LogP contribution in [0, 0.1) is 11.8 Å². The predicted octanol–water partition coefficient (Wildman–Crippen LogP) is 0.701. The lowest BCUT2D eigenvalue weighted by Gasteiger charge is -2.16. The van der Waals surface area contributed by atoms with Crippen LogP contribution in [-0.2, 0) is 9.59 Å². The number of carbonyl (C=O) groups is 3. The van der Waals surface area contributed by atoms with Crippen LogP contribution in [0.2, 0.25) is 0 Å². The van der Waals surface area contributed by atoms with Crippen LogP contribution >= 0.6 is 0 Å². The average Bonchev–Trinajstić information content (AvgIpc) is 3.19. The molecule has 0 aromatic carbocycles. The van der Waals surface area contributed by atoms with Gasteiger partial charge in [-0.2, -0.15) is 0 Å². The number of rotatable bonds is 9. The Morgan fingerprint density at radius 3 is 2.38 bits per heavy atom. The Kier molecular flexibility index (Phi) is 6.98. The number of hydrogen-bond acceptors (Lipinski definition) is 3. The van der Waals surface area contributed by atoms with Gasteiger partial charge in [-0.25, -0.2) is 4.79 Å². The third-order valence-electron chi connectivity index (χ3n) is 3.25. The first-order valence-corrected chi connectivity index (χ1v) is 7.41. The van der Waals surface area contributed by atoms with Gasteiger partial charge in [0.15, 0.2) is 0 Å². The highest BCUT2D eigenvalue weighted by Gasteiger charge is 2.33. The monoisotopic (exact) mass is 299 g/mol. The van der Waals surface area contributed by atoms with Crippen molar-refractivity contribution in [3.63, 3.8) is 0 Å². The molecule has 0 heterocycles. The molecule has 3 amide bonds. The Morgan fingerprint density at radius 2 is 1.86 bits per heavy atom. The first kappa shape index (κ1) is 17.3. The standard InChI is InChI=1S/C14H25N3O4/c1-9(2)8-16-12(18)5-6-15-14(21)17-11(7-13(19)20)10-3-4-10/h9-11H,3-8H2,1-2H3,(H,16,18)(H,19,20)(H2,15,17,21). The second-order valence-electron chi connectivity index (χ2n) is 5.89. The maximum Gasteiger partial charge on any atom is 0.315 e. The van der Waals surface area contributed by atoms with Crippen LogP contribution in [0.4, 0.5) is 4.79 Å². The van der Waals surface area contributed by atoms with Crippen LogP contribution in [0.25, 0.3) is 0 Å². The van der Waals surface area contributed by atoms with E-state index >= 15 is 0 Å². The number of carboxylic acid groups (broad SMARTS) is 1. The molecule has 1 unspecified atom stereocenters. The number of nitrogens with one attached hydrogen (secondary N) is 3. The molecular formula is C14H25N3O4. The smallest absolute Gasteiger partial charge is 0.315 e. The molecule has 4 N–H and O–H groups in total. The highest BCUT2D eigenvalue weighted by Crippen LogP contribution is 2.33. The van der Waals surface area contributed by atoms with Crippen molar-refractivity contribution in [3.05, 3.63) is 0 Å². The molecule has 0 aromatic heterocycles. The van der Waals surface area contributed by atoms with Gasteiger partial charge in [0.25, 0.3) is 0 Å². The van der Waals surface area contributed by atoms with Crippen molar-refractivity contribution < 1.29 is 19.5 Å². The largest absolute Gasteiger partial charge is 0.481 e. The highest BCUT2D eigenvalue weighted by molar-refractivity contribution is 5.78. The van der Waals surface area contributed by atoms with Crippen LogP contribution < -0.4 is 16.0 Å². The minimum Gasteiger partial charge on any atom is -0.481 e. The summed E-state index contributed by atoms with van der Waals surface area (Å²) in [7, 11) is 0. The second kappa shape index (κ2) is 8.49. The lowest BCUT2D eigenvalue weighted by atomic mass is 10.1. The third kappa shape index (κ3) is 8.16. The lowest BCUT2D eigenvalue weighted by Crippen LogP contribution is -2.45. The van der Waals surface area contributed by atoms with Crippen molar-refractivity contribution >= 4 is 17.9 Å². The molecule has 0 saturated heterocycles. The fraction of sp³-hybridized carbons (Fsp3) is 0.786. The number of urea groups is 1. The summed E-state index contributed by atoms with van der Waals surface area (Å²) in [6.07, 6.45) is 2.06. The molecule has 0 aromatic rings. The van der Waals surface area contributed by atoms with E-state index in [-0.39, 0.29) is 37.3 Å². The van der Waals surface area contributed by atoms with Crippen LogP contribution in [0.15, 0.2) is 0 Å². The maximum atomic E-state index is 11.7. The fourth-order valence-corrected chi connectivity index (χ4v) is 1.94. The minimum atomic E-state index is -0.916. The van der Waals surface area contributed by atoms with Gasteiger partial charge in [0.1, 0.15) is 0 Å². The zero-order chi connectivity index (χ0) is 15.8. The number of aliphatic carboxylic acids is 1. The molecule has 1 saturated carbocycles. The van der Waals surface area contributed by atoms with Gasteiger partial charge in [0.05, 0.1) is 6.42 Å². The normalized spacial score (nSPS) is 15.4. The Hall–Kier alpha value is -1.79. The van der Waals surface area contributed by atoms with Crippen molar-refractivity contribution in [2.75, 3.05) is 13.1 Å². The summed E-state index contributed by atoms with van der Waals surface area (Å²) >= 11 is 0. The summed E-state index contributed by atoms with van der Waals surface area (Å²) in [5.41, 5.74) is 0. The van der Waals surface area contributed by atoms with Gasteiger partial charge in [-0.3, -0.25) is 9.59 Å². The molecule has 21 heavy (non-hydrogen) atoms. The Labute approximate surface area is 124 Å². The Bertz CT molecular complexity index is 380. The molecule has 0 bridgehead atoms. The van der Waals surface area contributed by atoms with Crippen molar-refractivity contribution in [2.24, 2.45) is 11.8 Å². The maximum absolute atomic E-state index is 11.7. The van der Waals surface area contributed by atoms with Crippen LogP contribution in [0.5, 0.6) is 0 Å². The zero-order valence-electron chi connectivity index (χ0n) is 12.6. The number of carbonyl (C=O) groups excluding carboxylic acids is 2. The summed E-state index contributed by atoms with van der Waals surface area (Å²) in [4.78, 5) is 33.9. The molecule has 1 atom stereocenters. The van der Waals surface area contributed by atoms with Crippen LogP contribution in [0.1, 0.15) is 39.5 Å². The molecule has 0 aliphatic heterocycles. The van der Waals surface area contributed by atoms with E-state index in [0.29, 0.717) is 12.5 Å². The third-order valence-corrected chi connectivity index (χ3v) is 3.25. The van der Waals surface area contributed by atoms with Gasteiger partial charge in [-0.15, -0.1) is 0 Å². The van der Waals surface area contributed by atoms with E-state index in [1.165, 1.54) is 0 Å². The van der Waals surface area contributed by atoms with Crippen molar-refractivity contribution in [3.8, 4) is 0 Å². The van der Waals surface area contributed by atoms with Gasteiger partial charge >= 0.3 is 12.0 Å². The van der Waals surface area contributed by atoms with E-state index < -0.39 is 12.0 Å². The summed E-state index contributed by atoms with van der Waals surface area (Å²) in [6.45, 7) is 4.87. The lowest BCUT2D eigenvalue weighted by molar-refractivity contribution is -0.137.